The average Bonchev–Trinajstić information content (AvgIpc) is 2.72. The summed E-state index contributed by atoms with van der Waals surface area (Å²) in [6, 6.07) is 13.7. The summed E-state index contributed by atoms with van der Waals surface area (Å²) in [6.07, 6.45) is 1.62. The van der Waals surface area contributed by atoms with Crippen LogP contribution in [0.4, 0.5) is 0 Å². The van der Waals surface area contributed by atoms with Crippen molar-refractivity contribution in [2.75, 3.05) is 0 Å². The predicted molar refractivity (Wildman–Crippen MR) is 82.1 cm³/mol. The van der Waals surface area contributed by atoms with E-state index < -0.39 is 0 Å². The molecule has 0 radical (unpaired) electrons. The molecular formula is C16H12BrN3. The van der Waals surface area contributed by atoms with Gasteiger partial charge in [-0.1, -0.05) is 12.1 Å². The Balaban J connectivity index is 2.63. The van der Waals surface area contributed by atoms with E-state index in [4.69, 9.17) is 10.5 Å². The zero-order valence-electron chi connectivity index (χ0n) is 11.2. The summed E-state index contributed by atoms with van der Waals surface area (Å²) in [7, 11) is 0. The Hall–Kier alpha value is -2.30. The van der Waals surface area contributed by atoms with Crippen LogP contribution in [0.2, 0.25) is 0 Å². The number of halogens is 1. The molecule has 0 aliphatic heterocycles. The Labute approximate surface area is 126 Å². The molecule has 0 aliphatic rings. The third-order valence-electron chi connectivity index (χ3n) is 3.10. The Kier molecular flexibility index (Phi) is 4.08. The Morgan fingerprint density at radius 3 is 2.45 bits per heavy atom. The van der Waals surface area contributed by atoms with Crippen molar-refractivity contribution in [2.24, 2.45) is 0 Å². The highest BCUT2D eigenvalue weighted by Crippen LogP contribution is 2.27. The van der Waals surface area contributed by atoms with Crippen LogP contribution in [0.1, 0.15) is 17.0 Å². The highest BCUT2D eigenvalue weighted by molar-refractivity contribution is 9.10. The van der Waals surface area contributed by atoms with Crippen LogP contribution in [0.3, 0.4) is 0 Å². The first-order valence-electron chi connectivity index (χ1n) is 6.04. The van der Waals surface area contributed by atoms with Crippen molar-refractivity contribution in [3.05, 3.63) is 57.3 Å². The van der Waals surface area contributed by atoms with Gasteiger partial charge in [-0.15, -0.1) is 0 Å². The van der Waals surface area contributed by atoms with E-state index in [9.17, 15) is 0 Å². The van der Waals surface area contributed by atoms with Gasteiger partial charge >= 0.3 is 0 Å². The van der Waals surface area contributed by atoms with E-state index in [0.29, 0.717) is 0 Å². The van der Waals surface area contributed by atoms with Crippen molar-refractivity contribution in [1.29, 1.82) is 10.5 Å². The van der Waals surface area contributed by atoms with Crippen molar-refractivity contribution in [2.45, 2.75) is 13.8 Å². The summed E-state index contributed by atoms with van der Waals surface area (Å²) in [6.45, 7) is 3.98. The molecule has 0 saturated heterocycles. The van der Waals surface area contributed by atoms with E-state index >= 15 is 0 Å². The number of hydrogen-bond donors (Lipinski definition) is 0. The van der Waals surface area contributed by atoms with Crippen molar-refractivity contribution in [3.8, 4) is 17.8 Å². The number of nitrogens with zero attached hydrogens (tertiary/aromatic N) is 3. The van der Waals surface area contributed by atoms with E-state index in [0.717, 1.165) is 27.1 Å². The smallest absolute Gasteiger partial charge is 0.130 e. The maximum atomic E-state index is 8.86. The number of para-hydroxylation sites is 1. The Morgan fingerprint density at radius 2 is 1.85 bits per heavy atom. The van der Waals surface area contributed by atoms with Crippen molar-refractivity contribution in [1.82, 2.24) is 4.57 Å². The summed E-state index contributed by atoms with van der Waals surface area (Å²) < 4.78 is 3.10. The molecule has 2 rings (SSSR count). The molecular weight excluding hydrogens is 314 g/mol. The lowest BCUT2D eigenvalue weighted by Gasteiger charge is -2.11. The lowest BCUT2D eigenvalue weighted by Crippen LogP contribution is -1.99. The summed E-state index contributed by atoms with van der Waals surface area (Å²) >= 11 is 3.55. The topological polar surface area (TPSA) is 52.5 Å². The van der Waals surface area contributed by atoms with Gasteiger partial charge in [0.05, 0.1) is 5.69 Å². The van der Waals surface area contributed by atoms with Crippen LogP contribution in [0.25, 0.3) is 11.8 Å². The van der Waals surface area contributed by atoms with Gasteiger partial charge in [0.15, 0.2) is 0 Å². The fraction of sp³-hybridized carbons (Fsp3) is 0.125. The van der Waals surface area contributed by atoms with E-state index in [2.05, 4.69) is 20.5 Å². The van der Waals surface area contributed by atoms with Gasteiger partial charge in [-0.25, -0.2) is 0 Å². The van der Waals surface area contributed by atoms with Gasteiger partial charge in [-0.3, -0.25) is 0 Å². The molecule has 4 heteroatoms. The number of allylic oxidation sites excluding steroid dienone is 1. The monoisotopic (exact) mass is 325 g/mol. The van der Waals surface area contributed by atoms with Crippen LogP contribution < -0.4 is 0 Å². The van der Waals surface area contributed by atoms with Crippen LogP contribution in [0, 0.1) is 36.5 Å². The molecule has 0 N–H and O–H groups in total. The summed E-state index contributed by atoms with van der Waals surface area (Å²) in [5, 5.41) is 17.7. The second kappa shape index (κ2) is 5.77. The number of benzene rings is 1. The van der Waals surface area contributed by atoms with Crippen molar-refractivity contribution in [3.63, 3.8) is 0 Å². The third-order valence-corrected chi connectivity index (χ3v) is 3.77. The van der Waals surface area contributed by atoms with Gasteiger partial charge in [0.1, 0.15) is 17.7 Å². The van der Waals surface area contributed by atoms with Gasteiger partial charge in [0.25, 0.3) is 0 Å². The summed E-state index contributed by atoms with van der Waals surface area (Å²) in [5.74, 6) is 0. The molecule has 0 aliphatic carbocycles. The molecule has 3 nitrogen and oxygen atoms in total. The molecule has 1 aromatic heterocycles. The first-order chi connectivity index (χ1) is 9.58. The maximum absolute atomic E-state index is 8.86. The molecule has 98 valence electrons. The molecule has 0 saturated carbocycles. The summed E-state index contributed by atoms with van der Waals surface area (Å²) in [5.41, 5.74) is 4.08. The number of rotatable bonds is 2. The average molecular weight is 326 g/mol. The fourth-order valence-electron chi connectivity index (χ4n) is 2.18. The molecule has 1 aromatic carbocycles. The minimum atomic E-state index is 0.109. The van der Waals surface area contributed by atoms with Crippen LogP contribution >= 0.6 is 15.9 Å². The lowest BCUT2D eigenvalue weighted by molar-refractivity contribution is 0.959. The van der Waals surface area contributed by atoms with E-state index in [1.165, 1.54) is 0 Å². The highest BCUT2D eigenvalue weighted by Gasteiger charge is 2.11. The number of aryl methyl sites for hydroxylation is 1. The zero-order valence-corrected chi connectivity index (χ0v) is 12.8. The number of aromatic nitrogens is 1. The minimum absolute atomic E-state index is 0.109. The molecule has 0 bridgehead atoms. The normalized spacial score (nSPS) is 9.65. The number of nitriles is 2. The predicted octanol–water partition coefficient (Wildman–Crippen LogP) is 4.29. The van der Waals surface area contributed by atoms with Crippen LogP contribution in [0.15, 0.2) is 40.4 Å². The maximum Gasteiger partial charge on any atom is 0.130 e. The molecule has 1 heterocycles. The molecule has 2 aromatic rings. The Bertz CT molecular complexity index is 754. The van der Waals surface area contributed by atoms with Crippen LogP contribution in [-0.2, 0) is 0 Å². The Morgan fingerprint density at radius 1 is 1.20 bits per heavy atom. The second-order valence-electron chi connectivity index (χ2n) is 4.39. The van der Waals surface area contributed by atoms with Gasteiger partial charge in [-0.2, -0.15) is 10.5 Å². The SMILES string of the molecule is Cc1cc(C=C(C#N)C#N)c(C)n1-c1ccccc1Br. The molecule has 0 atom stereocenters. The second-order valence-corrected chi connectivity index (χ2v) is 5.25. The highest BCUT2D eigenvalue weighted by atomic mass is 79.9. The minimum Gasteiger partial charge on any atom is -0.317 e. The third kappa shape index (κ3) is 2.52. The fourth-order valence-corrected chi connectivity index (χ4v) is 2.64. The zero-order chi connectivity index (χ0) is 14.7. The molecule has 0 amide bonds. The van der Waals surface area contributed by atoms with E-state index in [1.807, 2.05) is 56.3 Å². The molecule has 0 fully saturated rings. The molecule has 0 spiro atoms. The van der Waals surface area contributed by atoms with Gasteiger partial charge in [0, 0.05) is 15.9 Å². The van der Waals surface area contributed by atoms with Crippen molar-refractivity contribution >= 4 is 22.0 Å². The van der Waals surface area contributed by atoms with E-state index in [-0.39, 0.29) is 5.57 Å². The van der Waals surface area contributed by atoms with Gasteiger partial charge < -0.3 is 4.57 Å². The van der Waals surface area contributed by atoms with Crippen molar-refractivity contribution < 1.29 is 0 Å². The number of hydrogen-bond acceptors (Lipinski definition) is 2. The lowest BCUT2D eigenvalue weighted by atomic mass is 10.1. The standard InChI is InChI=1S/C16H12BrN3/c1-11-7-14(8-13(9-18)10-19)12(2)20(11)16-6-4-3-5-15(16)17/h3-8H,1-2H3. The quantitative estimate of drug-likeness (QED) is 0.773. The van der Waals surface area contributed by atoms with Crippen LogP contribution in [-0.4, -0.2) is 4.57 Å². The first-order valence-corrected chi connectivity index (χ1v) is 6.83. The molecule has 0 unspecified atom stereocenters. The largest absolute Gasteiger partial charge is 0.317 e. The van der Waals surface area contributed by atoms with Gasteiger partial charge in [0.2, 0.25) is 0 Å². The van der Waals surface area contributed by atoms with E-state index in [1.54, 1.807) is 6.08 Å². The van der Waals surface area contributed by atoms with Gasteiger partial charge in [-0.05, 0) is 59.6 Å². The van der Waals surface area contributed by atoms with Crippen LogP contribution in [0.5, 0.6) is 0 Å². The molecule has 20 heavy (non-hydrogen) atoms. The summed E-state index contributed by atoms with van der Waals surface area (Å²) in [4.78, 5) is 0. The first kappa shape index (κ1) is 14.1.